The van der Waals surface area contributed by atoms with Gasteiger partial charge in [0.2, 0.25) is 5.82 Å². The Balaban J connectivity index is 0.00000164. The summed E-state index contributed by atoms with van der Waals surface area (Å²) in [6, 6.07) is 11.8. The van der Waals surface area contributed by atoms with Crippen molar-refractivity contribution in [2.45, 2.75) is 27.2 Å². The Hall–Kier alpha value is -4.69. The number of anilines is 2. The van der Waals surface area contributed by atoms with E-state index in [1.165, 1.54) is 35.9 Å². The molecule has 0 spiro atoms. The third kappa shape index (κ3) is 4.94. The van der Waals surface area contributed by atoms with Crippen molar-refractivity contribution < 1.29 is 14.3 Å². The molecular weight excluding hydrogens is 505 g/mol. The molecule has 0 aliphatic carbocycles. The molecule has 0 saturated heterocycles. The highest BCUT2D eigenvalue weighted by Gasteiger charge is 2.22. The zero-order chi connectivity index (χ0) is 27.4. The average molecular weight is 530 g/mol. The van der Waals surface area contributed by atoms with E-state index in [1.807, 2.05) is 55.4 Å². The number of imidazole rings is 1. The van der Waals surface area contributed by atoms with Gasteiger partial charge in [-0.05, 0) is 42.8 Å². The number of carboxylic acids is 1. The van der Waals surface area contributed by atoms with Gasteiger partial charge in [-0.15, -0.1) is 0 Å². The summed E-state index contributed by atoms with van der Waals surface area (Å²) < 4.78 is 15.3. The first kappa shape index (κ1) is 26.4. The van der Waals surface area contributed by atoms with Gasteiger partial charge in [-0.2, -0.15) is 5.26 Å². The van der Waals surface area contributed by atoms with Gasteiger partial charge in [0, 0.05) is 42.3 Å². The van der Waals surface area contributed by atoms with E-state index in [-0.39, 0.29) is 11.6 Å². The van der Waals surface area contributed by atoms with Crippen LogP contribution in [0.3, 0.4) is 0 Å². The Labute approximate surface area is 222 Å². The Morgan fingerprint density at radius 3 is 2.34 bits per heavy atom. The molecule has 5 rings (SSSR count). The van der Waals surface area contributed by atoms with Gasteiger partial charge in [-0.25, -0.2) is 29.1 Å². The number of rotatable bonds is 6. The van der Waals surface area contributed by atoms with Crippen molar-refractivity contribution in [1.82, 2.24) is 24.3 Å². The fourth-order valence-electron chi connectivity index (χ4n) is 3.85. The summed E-state index contributed by atoms with van der Waals surface area (Å²) in [6.45, 7) is 6.00. The number of aromatic nitrogens is 5. The van der Waals surface area contributed by atoms with E-state index in [4.69, 9.17) is 15.1 Å². The number of carboxylic acid groups (broad SMARTS) is 1. The molecule has 1 N–H and O–H groups in total. The minimum atomic E-state index is -1.19. The second kappa shape index (κ2) is 11.1. The van der Waals surface area contributed by atoms with Gasteiger partial charge >= 0.3 is 5.97 Å². The molecule has 4 aromatic heterocycles. The largest absolute Gasteiger partial charge is 0.475 e. The minimum absolute atomic E-state index is 0.273. The molecule has 0 aliphatic heterocycles. The first-order valence-corrected chi connectivity index (χ1v) is 12.7. The fourth-order valence-corrected chi connectivity index (χ4v) is 4.70. The van der Waals surface area contributed by atoms with Crippen LogP contribution in [-0.4, -0.2) is 42.5 Å². The highest BCUT2D eigenvalue weighted by molar-refractivity contribution is 7.16. The van der Waals surface area contributed by atoms with Crippen molar-refractivity contribution in [2.24, 2.45) is 0 Å². The van der Waals surface area contributed by atoms with Crippen molar-refractivity contribution in [3.63, 3.8) is 0 Å². The molecular formula is C27H24FN7O2S. The number of aromatic carboxylic acids is 1. The molecule has 0 fully saturated rings. The maximum atomic E-state index is 13.4. The molecule has 0 saturated carbocycles. The molecule has 38 heavy (non-hydrogen) atoms. The lowest BCUT2D eigenvalue weighted by molar-refractivity contribution is 0.0683. The number of thiazole rings is 1. The molecule has 4 heterocycles. The van der Waals surface area contributed by atoms with Crippen molar-refractivity contribution in [3.05, 3.63) is 77.2 Å². The third-order valence-electron chi connectivity index (χ3n) is 5.61. The Morgan fingerprint density at radius 2 is 1.74 bits per heavy atom. The molecule has 0 radical (unpaired) electrons. The van der Waals surface area contributed by atoms with Crippen molar-refractivity contribution in [1.29, 1.82) is 5.26 Å². The number of hydrogen-bond donors (Lipinski definition) is 1. The standard InChI is InChI=1S/C25H18FN7O2S.C2H6/c1-3-18-23(32(2)25-31-21(19(10-27)36-25)14-4-7-17(26)8-5-14)33-13-15(6-9-20(33)30-18)16-11-28-22(24(34)35)29-12-16;1-2/h4-9,11-13H,3H2,1-2H3,(H,34,35);1-2H3. The molecule has 5 aromatic rings. The van der Waals surface area contributed by atoms with Gasteiger partial charge in [0.15, 0.2) is 5.13 Å². The lowest BCUT2D eigenvalue weighted by Crippen LogP contribution is -2.13. The van der Waals surface area contributed by atoms with Gasteiger partial charge in [-0.3, -0.25) is 4.40 Å². The van der Waals surface area contributed by atoms with Crippen molar-refractivity contribution >= 4 is 33.9 Å². The lowest BCUT2D eigenvalue weighted by Gasteiger charge is -2.17. The maximum absolute atomic E-state index is 13.4. The van der Waals surface area contributed by atoms with E-state index in [0.717, 1.165) is 22.7 Å². The van der Waals surface area contributed by atoms with Crippen LogP contribution in [0.15, 0.2) is 55.0 Å². The number of halogens is 1. The molecule has 0 unspecified atom stereocenters. The summed E-state index contributed by atoms with van der Waals surface area (Å²) in [5, 5.41) is 19.4. The first-order chi connectivity index (χ1) is 18.4. The maximum Gasteiger partial charge on any atom is 0.373 e. The number of aryl methyl sites for hydroxylation is 1. The summed E-state index contributed by atoms with van der Waals surface area (Å²) in [7, 11) is 1.86. The van der Waals surface area contributed by atoms with E-state index in [2.05, 4.69) is 16.0 Å². The number of carbonyl (C=O) groups is 1. The van der Waals surface area contributed by atoms with Crippen LogP contribution in [0.5, 0.6) is 0 Å². The van der Waals surface area contributed by atoms with Gasteiger partial charge in [0.1, 0.15) is 33.9 Å². The second-order valence-electron chi connectivity index (χ2n) is 7.83. The van der Waals surface area contributed by atoms with Crippen LogP contribution in [0.1, 0.15) is 42.0 Å². The van der Waals surface area contributed by atoms with Crippen LogP contribution >= 0.6 is 11.3 Å². The molecule has 0 amide bonds. The minimum Gasteiger partial charge on any atom is -0.475 e. The van der Waals surface area contributed by atoms with Crippen molar-refractivity contribution in [2.75, 3.05) is 11.9 Å². The molecule has 11 heteroatoms. The first-order valence-electron chi connectivity index (χ1n) is 11.9. The smallest absolute Gasteiger partial charge is 0.373 e. The van der Waals surface area contributed by atoms with Gasteiger partial charge in [0.25, 0.3) is 0 Å². The molecule has 192 valence electrons. The third-order valence-corrected chi connectivity index (χ3v) is 6.65. The number of hydrogen-bond acceptors (Lipinski definition) is 8. The van der Waals surface area contributed by atoms with Gasteiger partial charge < -0.3 is 10.0 Å². The SMILES string of the molecule is CC.CCc1nc2ccc(-c3cnc(C(=O)O)nc3)cn2c1N(C)c1nc(-c2ccc(F)cc2)c(C#N)s1. The fraction of sp³-hybridized carbons (Fsp3) is 0.185. The molecule has 1 aromatic carbocycles. The average Bonchev–Trinajstić information content (AvgIpc) is 3.55. The number of fused-ring (bicyclic) bond motifs is 1. The summed E-state index contributed by atoms with van der Waals surface area (Å²) in [5.74, 6) is -1.04. The normalized spacial score (nSPS) is 10.5. The van der Waals surface area contributed by atoms with Gasteiger partial charge in [-0.1, -0.05) is 32.1 Å². The van der Waals surface area contributed by atoms with E-state index in [9.17, 15) is 14.4 Å². The van der Waals surface area contributed by atoms with Crippen molar-refractivity contribution in [3.8, 4) is 28.5 Å². The summed E-state index contributed by atoms with van der Waals surface area (Å²) in [6.07, 6.45) is 5.47. The van der Waals surface area contributed by atoms with Crippen LogP contribution in [0.25, 0.3) is 28.0 Å². The summed E-state index contributed by atoms with van der Waals surface area (Å²) in [5.41, 5.74) is 4.14. The highest BCUT2D eigenvalue weighted by Crippen LogP contribution is 2.37. The van der Waals surface area contributed by atoms with Crippen LogP contribution in [0.4, 0.5) is 15.3 Å². The Bertz CT molecular complexity index is 1640. The zero-order valence-corrected chi connectivity index (χ0v) is 22.0. The Morgan fingerprint density at radius 1 is 1.08 bits per heavy atom. The van der Waals surface area contributed by atoms with E-state index in [0.29, 0.717) is 33.3 Å². The van der Waals surface area contributed by atoms with E-state index >= 15 is 0 Å². The number of nitrogens with zero attached hydrogens (tertiary/aromatic N) is 7. The van der Waals surface area contributed by atoms with Crippen LogP contribution < -0.4 is 4.90 Å². The Kier molecular flexibility index (Phi) is 7.74. The second-order valence-corrected chi connectivity index (χ2v) is 8.81. The lowest BCUT2D eigenvalue weighted by atomic mass is 10.1. The summed E-state index contributed by atoms with van der Waals surface area (Å²) in [4.78, 5) is 30.7. The van der Waals surface area contributed by atoms with Crippen LogP contribution in [0, 0.1) is 17.1 Å². The van der Waals surface area contributed by atoms with Gasteiger partial charge in [0.05, 0.1) is 5.69 Å². The number of benzene rings is 1. The van der Waals surface area contributed by atoms with E-state index in [1.54, 1.807) is 12.1 Å². The predicted octanol–water partition coefficient (Wildman–Crippen LogP) is 5.98. The monoisotopic (exact) mass is 529 g/mol. The highest BCUT2D eigenvalue weighted by atomic mass is 32.1. The van der Waals surface area contributed by atoms with Crippen LogP contribution in [0.2, 0.25) is 0 Å². The summed E-state index contributed by atoms with van der Waals surface area (Å²) >= 11 is 1.24. The molecule has 0 atom stereocenters. The quantitative estimate of drug-likeness (QED) is 0.285. The van der Waals surface area contributed by atoms with E-state index < -0.39 is 5.97 Å². The molecule has 9 nitrogen and oxygen atoms in total. The molecule has 0 aliphatic rings. The van der Waals surface area contributed by atoms with Crippen LogP contribution in [-0.2, 0) is 6.42 Å². The topological polar surface area (TPSA) is 120 Å². The molecule has 0 bridgehead atoms. The predicted molar refractivity (Wildman–Crippen MR) is 144 cm³/mol. The zero-order valence-electron chi connectivity index (χ0n) is 21.2. The number of nitriles is 1. The number of pyridine rings is 1.